The molecular formula is C16H17N3O4S. The van der Waals surface area contributed by atoms with Crippen molar-refractivity contribution in [2.45, 2.75) is 4.90 Å². The predicted octanol–water partition coefficient (Wildman–Crippen LogP) is 1.29. The summed E-state index contributed by atoms with van der Waals surface area (Å²) in [5.41, 5.74) is 6.29. The largest absolute Gasteiger partial charge is 0.366 e. The average Bonchev–Trinajstić information content (AvgIpc) is 2.55. The Bertz CT molecular complexity index is 857. The molecule has 0 fully saturated rings. The zero-order valence-electron chi connectivity index (χ0n) is 13.2. The normalized spacial score (nSPS) is 11.3. The van der Waals surface area contributed by atoms with Gasteiger partial charge in [0.2, 0.25) is 15.9 Å². The molecule has 2 aromatic carbocycles. The van der Waals surface area contributed by atoms with Crippen molar-refractivity contribution >= 4 is 27.5 Å². The summed E-state index contributed by atoms with van der Waals surface area (Å²) in [4.78, 5) is 23.3. The van der Waals surface area contributed by atoms with Crippen molar-refractivity contribution in [2.75, 3.05) is 19.4 Å². The summed E-state index contributed by atoms with van der Waals surface area (Å²) >= 11 is 0. The van der Waals surface area contributed by atoms with E-state index in [4.69, 9.17) is 5.73 Å². The van der Waals surface area contributed by atoms with Gasteiger partial charge in [0.1, 0.15) is 0 Å². The van der Waals surface area contributed by atoms with E-state index < -0.39 is 21.8 Å². The molecule has 0 aliphatic rings. The van der Waals surface area contributed by atoms with Crippen LogP contribution in [0.5, 0.6) is 0 Å². The molecule has 0 saturated heterocycles. The molecule has 0 radical (unpaired) electrons. The van der Waals surface area contributed by atoms with Crippen molar-refractivity contribution < 1.29 is 18.0 Å². The van der Waals surface area contributed by atoms with Crippen LogP contribution in [0.25, 0.3) is 0 Å². The van der Waals surface area contributed by atoms with E-state index in [9.17, 15) is 18.0 Å². The Morgan fingerprint density at radius 1 is 0.917 bits per heavy atom. The zero-order chi connectivity index (χ0) is 17.9. The van der Waals surface area contributed by atoms with Crippen LogP contribution in [0.3, 0.4) is 0 Å². The van der Waals surface area contributed by atoms with Crippen molar-refractivity contribution in [2.24, 2.45) is 5.73 Å². The second-order valence-electron chi connectivity index (χ2n) is 5.21. The molecule has 2 aromatic rings. The average molecular weight is 347 g/mol. The highest BCUT2D eigenvalue weighted by Crippen LogP contribution is 2.16. The fourth-order valence-electron chi connectivity index (χ4n) is 1.91. The van der Waals surface area contributed by atoms with E-state index >= 15 is 0 Å². The molecule has 0 heterocycles. The van der Waals surface area contributed by atoms with Crippen LogP contribution in [-0.4, -0.2) is 38.6 Å². The van der Waals surface area contributed by atoms with Gasteiger partial charge in [-0.15, -0.1) is 0 Å². The Hall–Kier alpha value is -2.71. The lowest BCUT2D eigenvalue weighted by molar-refractivity contribution is 0.0998. The van der Waals surface area contributed by atoms with E-state index in [0.717, 1.165) is 4.31 Å². The Morgan fingerprint density at radius 3 is 1.88 bits per heavy atom. The van der Waals surface area contributed by atoms with Crippen LogP contribution in [0.2, 0.25) is 0 Å². The maximum absolute atomic E-state index is 12.2. The minimum Gasteiger partial charge on any atom is -0.366 e. The van der Waals surface area contributed by atoms with Crippen molar-refractivity contribution in [3.63, 3.8) is 0 Å². The first-order valence-electron chi connectivity index (χ1n) is 6.95. The Kier molecular flexibility index (Phi) is 5.01. The molecule has 126 valence electrons. The minimum atomic E-state index is -3.53. The Labute approximate surface area is 140 Å². The third-order valence-corrected chi connectivity index (χ3v) is 5.15. The summed E-state index contributed by atoms with van der Waals surface area (Å²) in [6.07, 6.45) is 0. The molecule has 0 atom stereocenters. The number of nitrogens with two attached hydrogens (primary N) is 1. The highest BCUT2D eigenvalue weighted by molar-refractivity contribution is 7.89. The van der Waals surface area contributed by atoms with Crippen molar-refractivity contribution in [3.8, 4) is 0 Å². The number of amides is 2. The first-order valence-corrected chi connectivity index (χ1v) is 8.39. The van der Waals surface area contributed by atoms with E-state index in [2.05, 4.69) is 5.32 Å². The van der Waals surface area contributed by atoms with E-state index in [1.165, 1.54) is 50.5 Å². The maximum atomic E-state index is 12.2. The van der Waals surface area contributed by atoms with Gasteiger partial charge < -0.3 is 11.1 Å². The highest BCUT2D eigenvalue weighted by atomic mass is 32.2. The number of carbonyl (C=O) groups is 2. The summed E-state index contributed by atoms with van der Waals surface area (Å²) in [6.45, 7) is 0. The van der Waals surface area contributed by atoms with Crippen LogP contribution in [0.4, 0.5) is 5.69 Å². The van der Waals surface area contributed by atoms with Gasteiger partial charge >= 0.3 is 0 Å². The SMILES string of the molecule is CN(C)S(=O)(=O)c1ccc(C(=O)Nc2ccc(C(N)=O)cc2)cc1. The number of anilines is 1. The number of hydrogen-bond donors (Lipinski definition) is 2. The fraction of sp³-hybridized carbons (Fsp3) is 0.125. The molecule has 2 amide bonds. The third kappa shape index (κ3) is 3.79. The molecule has 0 spiro atoms. The summed E-state index contributed by atoms with van der Waals surface area (Å²) in [6, 6.07) is 11.7. The third-order valence-electron chi connectivity index (χ3n) is 3.32. The van der Waals surface area contributed by atoms with E-state index in [-0.39, 0.29) is 4.90 Å². The number of primary amides is 1. The van der Waals surface area contributed by atoms with Gasteiger partial charge in [0.15, 0.2) is 0 Å². The number of benzene rings is 2. The standard InChI is InChI=1S/C16H17N3O4S/c1-19(2)24(22,23)14-9-5-12(6-10-14)16(21)18-13-7-3-11(4-8-13)15(17)20/h3-10H,1-2H3,(H2,17,20)(H,18,21). The van der Waals surface area contributed by atoms with E-state index in [1.807, 2.05) is 0 Å². The van der Waals surface area contributed by atoms with E-state index in [1.54, 1.807) is 12.1 Å². The van der Waals surface area contributed by atoms with Crippen LogP contribution in [0.1, 0.15) is 20.7 Å². The molecule has 2 rings (SSSR count). The molecule has 0 aromatic heterocycles. The fourth-order valence-corrected chi connectivity index (χ4v) is 2.81. The first-order chi connectivity index (χ1) is 11.2. The van der Waals surface area contributed by atoms with E-state index in [0.29, 0.717) is 16.8 Å². The van der Waals surface area contributed by atoms with Gasteiger partial charge in [-0.3, -0.25) is 9.59 Å². The zero-order valence-corrected chi connectivity index (χ0v) is 14.0. The summed E-state index contributed by atoms with van der Waals surface area (Å²) in [5, 5.41) is 2.65. The second kappa shape index (κ2) is 6.81. The van der Waals surface area contributed by atoms with Crippen molar-refractivity contribution in [1.29, 1.82) is 0 Å². The number of rotatable bonds is 5. The summed E-state index contributed by atoms with van der Waals surface area (Å²) < 4.78 is 25.1. The number of carbonyl (C=O) groups excluding carboxylic acids is 2. The molecule has 0 unspecified atom stereocenters. The molecule has 0 bridgehead atoms. The molecule has 24 heavy (non-hydrogen) atoms. The molecule has 7 nitrogen and oxygen atoms in total. The van der Waals surface area contributed by atoms with Crippen LogP contribution >= 0.6 is 0 Å². The smallest absolute Gasteiger partial charge is 0.255 e. The number of hydrogen-bond acceptors (Lipinski definition) is 4. The number of nitrogens with one attached hydrogen (secondary N) is 1. The Morgan fingerprint density at radius 2 is 1.42 bits per heavy atom. The summed E-state index contributed by atoms with van der Waals surface area (Å²) in [5.74, 6) is -0.943. The Balaban J connectivity index is 2.14. The highest BCUT2D eigenvalue weighted by Gasteiger charge is 2.17. The van der Waals surface area contributed by atoms with Crippen LogP contribution < -0.4 is 11.1 Å². The molecule has 0 saturated carbocycles. The molecule has 8 heteroatoms. The van der Waals surface area contributed by atoms with Gasteiger partial charge in [0.05, 0.1) is 4.90 Å². The second-order valence-corrected chi connectivity index (χ2v) is 7.36. The lowest BCUT2D eigenvalue weighted by Gasteiger charge is -2.11. The molecular weight excluding hydrogens is 330 g/mol. The number of sulfonamides is 1. The number of nitrogens with zero attached hydrogens (tertiary/aromatic N) is 1. The van der Waals surface area contributed by atoms with Gasteiger partial charge in [-0.2, -0.15) is 0 Å². The van der Waals surface area contributed by atoms with Gasteiger partial charge in [0.25, 0.3) is 5.91 Å². The summed E-state index contributed by atoms with van der Waals surface area (Å²) in [7, 11) is -0.661. The molecule has 0 aliphatic heterocycles. The topological polar surface area (TPSA) is 110 Å². The minimum absolute atomic E-state index is 0.106. The van der Waals surface area contributed by atoms with Crippen molar-refractivity contribution in [1.82, 2.24) is 4.31 Å². The van der Waals surface area contributed by atoms with Gasteiger partial charge in [-0.1, -0.05) is 0 Å². The van der Waals surface area contributed by atoms with Crippen LogP contribution in [0.15, 0.2) is 53.4 Å². The van der Waals surface area contributed by atoms with Crippen LogP contribution in [-0.2, 0) is 10.0 Å². The quantitative estimate of drug-likeness (QED) is 0.849. The molecule has 3 N–H and O–H groups in total. The van der Waals surface area contributed by atoms with Crippen molar-refractivity contribution in [3.05, 3.63) is 59.7 Å². The van der Waals surface area contributed by atoms with Gasteiger partial charge in [0, 0.05) is 30.9 Å². The lowest BCUT2D eigenvalue weighted by atomic mass is 10.2. The van der Waals surface area contributed by atoms with Gasteiger partial charge in [-0.25, -0.2) is 12.7 Å². The first kappa shape index (κ1) is 17.6. The maximum Gasteiger partial charge on any atom is 0.255 e. The van der Waals surface area contributed by atoms with Gasteiger partial charge in [-0.05, 0) is 48.5 Å². The monoisotopic (exact) mass is 347 g/mol. The lowest BCUT2D eigenvalue weighted by Crippen LogP contribution is -2.22. The predicted molar refractivity (Wildman–Crippen MR) is 90.2 cm³/mol. The van der Waals surface area contributed by atoms with Crippen LogP contribution in [0, 0.1) is 0 Å². The molecule has 0 aliphatic carbocycles.